The molecule has 54 valence electrons. The fourth-order valence-electron chi connectivity index (χ4n) is 0.303. The van der Waals surface area contributed by atoms with Crippen LogP contribution in [-0.4, -0.2) is 11.9 Å². The van der Waals surface area contributed by atoms with Crippen LogP contribution < -0.4 is 0 Å². The predicted molar refractivity (Wildman–Crippen MR) is 34.8 cm³/mol. The lowest BCUT2D eigenvalue weighted by atomic mass is 10.5. The van der Waals surface area contributed by atoms with Gasteiger partial charge in [0.1, 0.15) is 0 Å². The van der Waals surface area contributed by atoms with Crippen molar-refractivity contribution in [1.82, 2.24) is 0 Å². The molecule has 0 fully saturated rings. The fraction of sp³-hybridized carbons (Fsp3) is 0.429. The molecule has 0 atom stereocenters. The van der Waals surface area contributed by atoms with Gasteiger partial charge in [-0.05, 0) is 6.92 Å². The van der Waals surface area contributed by atoms with Crippen molar-refractivity contribution >= 4 is 11.9 Å². The third kappa shape index (κ3) is 3.67. The molecule has 10 heavy (non-hydrogen) atoms. The molecular formula is C7H8O3. The molecule has 3 heteroatoms. The fourth-order valence-corrected chi connectivity index (χ4v) is 0.303. The van der Waals surface area contributed by atoms with Gasteiger partial charge in [0, 0.05) is 12.3 Å². The summed E-state index contributed by atoms with van der Waals surface area (Å²) in [4.78, 5) is 20.8. The molecule has 0 rings (SSSR count). The van der Waals surface area contributed by atoms with E-state index < -0.39 is 11.9 Å². The van der Waals surface area contributed by atoms with Gasteiger partial charge in [0.15, 0.2) is 0 Å². The molecule has 3 nitrogen and oxygen atoms in total. The molecule has 0 aliphatic carbocycles. The summed E-state index contributed by atoms with van der Waals surface area (Å²) in [6.45, 7) is 3.10. The molecule has 0 saturated carbocycles. The van der Waals surface area contributed by atoms with Crippen molar-refractivity contribution in [2.45, 2.75) is 20.3 Å². The highest BCUT2D eigenvalue weighted by Gasteiger charge is 2.02. The van der Waals surface area contributed by atoms with Gasteiger partial charge in [-0.2, -0.15) is 0 Å². The van der Waals surface area contributed by atoms with E-state index in [1.54, 1.807) is 6.92 Å². The van der Waals surface area contributed by atoms with E-state index in [2.05, 4.69) is 16.6 Å². The largest absolute Gasteiger partial charge is 0.392 e. The summed E-state index contributed by atoms with van der Waals surface area (Å²) in [5.41, 5.74) is 0. The maximum Gasteiger partial charge on any atom is 0.392 e. The number of hydrogen-bond donors (Lipinski definition) is 0. The molecule has 0 amide bonds. The third-order valence-electron chi connectivity index (χ3n) is 0.722. The molecule has 0 spiro atoms. The Kier molecular flexibility index (Phi) is 3.97. The molecular weight excluding hydrogens is 132 g/mol. The Morgan fingerprint density at radius 3 is 2.50 bits per heavy atom. The first-order valence-corrected chi connectivity index (χ1v) is 2.88. The van der Waals surface area contributed by atoms with Gasteiger partial charge >= 0.3 is 11.9 Å². The Morgan fingerprint density at radius 2 is 2.10 bits per heavy atom. The highest BCUT2D eigenvalue weighted by atomic mass is 16.6. The summed E-state index contributed by atoms with van der Waals surface area (Å²) in [7, 11) is 0. The molecule has 0 heterocycles. The Labute approximate surface area is 59.4 Å². The van der Waals surface area contributed by atoms with E-state index in [9.17, 15) is 9.59 Å². The number of rotatable bonds is 1. The van der Waals surface area contributed by atoms with Gasteiger partial charge < -0.3 is 4.74 Å². The molecule has 0 saturated heterocycles. The molecule has 0 aliphatic rings. The van der Waals surface area contributed by atoms with Crippen molar-refractivity contribution in [2.24, 2.45) is 0 Å². The van der Waals surface area contributed by atoms with Gasteiger partial charge in [0.05, 0.1) is 0 Å². The SMILES string of the molecule is CC#CC(=O)OC(=O)CC. The van der Waals surface area contributed by atoms with Crippen LogP contribution in [0.5, 0.6) is 0 Å². The van der Waals surface area contributed by atoms with Crippen LogP contribution in [0.1, 0.15) is 20.3 Å². The third-order valence-corrected chi connectivity index (χ3v) is 0.722. The summed E-state index contributed by atoms with van der Waals surface area (Å²) in [6.07, 6.45) is 0.192. The second kappa shape index (κ2) is 4.57. The smallest absolute Gasteiger partial charge is 0.383 e. The van der Waals surface area contributed by atoms with Crippen molar-refractivity contribution < 1.29 is 14.3 Å². The number of carbonyl (C=O) groups is 2. The molecule has 0 aromatic carbocycles. The molecule has 0 N–H and O–H groups in total. The number of carbonyl (C=O) groups excluding carboxylic acids is 2. The Hall–Kier alpha value is -1.30. The van der Waals surface area contributed by atoms with Crippen molar-refractivity contribution in [3.05, 3.63) is 0 Å². The second-order valence-electron chi connectivity index (χ2n) is 1.49. The molecule has 0 aromatic rings. The molecule has 0 aliphatic heterocycles. The average molecular weight is 140 g/mol. The van der Waals surface area contributed by atoms with Crippen LogP contribution in [0.4, 0.5) is 0 Å². The topological polar surface area (TPSA) is 43.4 Å². The lowest BCUT2D eigenvalue weighted by Crippen LogP contribution is -2.08. The first-order valence-electron chi connectivity index (χ1n) is 2.88. The molecule has 0 bridgehead atoms. The van der Waals surface area contributed by atoms with E-state index in [1.165, 1.54) is 6.92 Å². The normalized spacial score (nSPS) is 7.40. The first-order chi connectivity index (χ1) is 4.70. The van der Waals surface area contributed by atoms with Crippen molar-refractivity contribution in [3.8, 4) is 11.8 Å². The summed E-state index contributed by atoms with van der Waals surface area (Å²) in [6, 6.07) is 0. The summed E-state index contributed by atoms with van der Waals surface area (Å²) >= 11 is 0. The van der Waals surface area contributed by atoms with E-state index in [-0.39, 0.29) is 6.42 Å². The summed E-state index contributed by atoms with van der Waals surface area (Å²) in [5.74, 6) is 3.07. The van der Waals surface area contributed by atoms with Gasteiger partial charge in [-0.15, -0.1) is 0 Å². The van der Waals surface area contributed by atoms with Crippen LogP contribution in [0.3, 0.4) is 0 Å². The second-order valence-corrected chi connectivity index (χ2v) is 1.49. The zero-order chi connectivity index (χ0) is 7.98. The number of esters is 2. The lowest BCUT2D eigenvalue weighted by molar-refractivity contribution is -0.155. The highest BCUT2D eigenvalue weighted by molar-refractivity contribution is 5.96. The van der Waals surface area contributed by atoms with E-state index >= 15 is 0 Å². The lowest BCUT2D eigenvalue weighted by Gasteiger charge is -1.91. The minimum Gasteiger partial charge on any atom is -0.383 e. The minimum atomic E-state index is -0.783. The van der Waals surface area contributed by atoms with Crippen LogP contribution in [0, 0.1) is 11.8 Å². The van der Waals surface area contributed by atoms with Gasteiger partial charge in [0.25, 0.3) is 0 Å². The van der Waals surface area contributed by atoms with E-state index in [0.29, 0.717) is 0 Å². The Balaban J connectivity index is 3.76. The van der Waals surface area contributed by atoms with Gasteiger partial charge in [-0.25, -0.2) is 4.79 Å². The Bertz CT molecular complexity index is 195. The van der Waals surface area contributed by atoms with E-state index in [4.69, 9.17) is 0 Å². The van der Waals surface area contributed by atoms with Crippen LogP contribution in [0.25, 0.3) is 0 Å². The van der Waals surface area contributed by atoms with Crippen LogP contribution in [0.2, 0.25) is 0 Å². The highest BCUT2D eigenvalue weighted by Crippen LogP contribution is 1.83. The maximum atomic E-state index is 10.4. The predicted octanol–water partition coefficient (Wildman–Crippen LogP) is 0.490. The molecule has 0 aromatic heterocycles. The van der Waals surface area contributed by atoms with Gasteiger partial charge in [0.2, 0.25) is 0 Å². The van der Waals surface area contributed by atoms with E-state index in [1.807, 2.05) is 0 Å². The van der Waals surface area contributed by atoms with Gasteiger partial charge in [-0.1, -0.05) is 12.8 Å². The van der Waals surface area contributed by atoms with Crippen molar-refractivity contribution in [3.63, 3.8) is 0 Å². The molecule has 0 unspecified atom stereocenters. The standard InChI is InChI=1S/C7H8O3/c1-3-5-7(9)10-6(8)4-2/h4H2,1-2H3. The number of hydrogen-bond acceptors (Lipinski definition) is 3. The van der Waals surface area contributed by atoms with Crippen LogP contribution in [0.15, 0.2) is 0 Å². The number of ether oxygens (including phenoxy) is 1. The van der Waals surface area contributed by atoms with Crippen LogP contribution >= 0.6 is 0 Å². The maximum absolute atomic E-state index is 10.4. The summed E-state index contributed by atoms with van der Waals surface area (Å²) < 4.78 is 4.19. The first kappa shape index (κ1) is 8.70. The van der Waals surface area contributed by atoms with Gasteiger partial charge in [-0.3, -0.25) is 4.79 Å². The zero-order valence-electron chi connectivity index (χ0n) is 5.93. The Morgan fingerprint density at radius 1 is 1.50 bits per heavy atom. The van der Waals surface area contributed by atoms with Crippen molar-refractivity contribution in [1.29, 1.82) is 0 Å². The monoisotopic (exact) mass is 140 g/mol. The van der Waals surface area contributed by atoms with Crippen LogP contribution in [-0.2, 0) is 14.3 Å². The minimum absolute atomic E-state index is 0.192. The van der Waals surface area contributed by atoms with E-state index in [0.717, 1.165) is 0 Å². The van der Waals surface area contributed by atoms with Crippen molar-refractivity contribution in [2.75, 3.05) is 0 Å². The summed E-state index contributed by atoms with van der Waals surface area (Å²) in [5, 5.41) is 0. The zero-order valence-corrected chi connectivity index (χ0v) is 5.93. The average Bonchev–Trinajstić information content (AvgIpc) is 1.88. The molecule has 0 radical (unpaired) electrons. The quantitative estimate of drug-likeness (QED) is 0.230.